The van der Waals surface area contributed by atoms with Crippen molar-refractivity contribution in [2.45, 2.75) is 38.6 Å². The van der Waals surface area contributed by atoms with Crippen LogP contribution in [0.3, 0.4) is 0 Å². The maximum atomic E-state index is 12.1. The van der Waals surface area contributed by atoms with Crippen molar-refractivity contribution in [3.8, 4) is 0 Å². The monoisotopic (exact) mass is 271 g/mol. The molecule has 0 aromatic carbocycles. The molecule has 1 unspecified atom stereocenters. The summed E-state index contributed by atoms with van der Waals surface area (Å²) in [4.78, 5) is 36.0. The van der Waals surface area contributed by atoms with Crippen LogP contribution in [0.15, 0.2) is 0 Å². The first-order valence-electron chi connectivity index (χ1n) is 6.46. The minimum absolute atomic E-state index is 0.0341. The van der Waals surface area contributed by atoms with Gasteiger partial charge in [0.2, 0.25) is 5.91 Å². The first kappa shape index (κ1) is 15.3. The average Bonchev–Trinajstić information content (AvgIpc) is 2.54. The van der Waals surface area contributed by atoms with E-state index in [1.807, 2.05) is 6.92 Å². The Morgan fingerprint density at radius 1 is 1.53 bits per heavy atom. The van der Waals surface area contributed by atoms with E-state index >= 15 is 0 Å². The fraction of sp³-hybridized carbons (Fsp3) is 0.750. The predicted octanol–water partition coefficient (Wildman–Crippen LogP) is 0.161. The third-order valence-electron chi connectivity index (χ3n) is 3.15. The van der Waals surface area contributed by atoms with Crippen LogP contribution >= 0.6 is 0 Å². The predicted molar refractivity (Wildman–Crippen MR) is 68.7 cm³/mol. The molecule has 7 nitrogen and oxygen atoms in total. The van der Waals surface area contributed by atoms with Gasteiger partial charge in [-0.2, -0.15) is 0 Å². The van der Waals surface area contributed by atoms with Crippen molar-refractivity contribution in [3.05, 3.63) is 0 Å². The van der Waals surface area contributed by atoms with E-state index in [4.69, 9.17) is 0 Å². The summed E-state index contributed by atoms with van der Waals surface area (Å²) in [6.07, 6.45) is 1.65. The molecule has 0 aliphatic carbocycles. The van der Waals surface area contributed by atoms with Crippen molar-refractivity contribution in [3.63, 3.8) is 0 Å². The standard InChI is InChI=1S/C12H21N3O4/c1-3-5-12(2,10(17)18)14-11(19)15-7-4-6-13-9(16)8-15/h3-8H2,1-2H3,(H,13,16)(H,14,19)(H,17,18). The molecule has 0 radical (unpaired) electrons. The molecule has 1 saturated heterocycles. The van der Waals surface area contributed by atoms with Crippen LogP contribution in [0.4, 0.5) is 4.79 Å². The number of rotatable bonds is 4. The van der Waals surface area contributed by atoms with E-state index in [1.54, 1.807) is 0 Å². The van der Waals surface area contributed by atoms with Crippen molar-refractivity contribution in [1.29, 1.82) is 0 Å². The molecule has 7 heteroatoms. The van der Waals surface area contributed by atoms with E-state index in [9.17, 15) is 19.5 Å². The largest absolute Gasteiger partial charge is 0.480 e. The lowest BCUT2D eigenvalue weighted by Crippen LogP contribution is -2.56. The van der Waals surface area contributed by atoms with E-state index in [2.05, 4.69) is 10.6 Å². The van der Waals surface area contributed by atoms with Crippen LogP contribution in [-0.2, 0) is 9.59 Å². The summed E-state index contributed by atoms with van der Waals surface area (Å²) in [7, 11) is 0. The average molecular weight is 271 g/mol. The third kappa shape index (κ3) is 4.11. The Balaban J connectivity index is 2.70. The highest BCUT2D eigenvalue weighted by atomic mass is 16.4. The Morgan fingerprint density at radius 3 is 2.79 bits per heavy atom. The molecule has 0 aromatic heterocycles. The fourth-order valence-electron chi connectivity index (χ4n) is 2.02. The quantitative estimate of drug-likeness (QED) is 0.678. The number of carboxylic acid groups (broad SMARTS) is 1. The molecule has 0 aromatic rings. The molecule has 1 aliphatic heterocycles. The van der Waals surface area contributed by atoms with E-state index in [-0.39, 0.29) is 12.5 Å². The summed E-state index contributed by atoms with van der Waals surface area (Å²) in [6, 6.07) is -0.504. The second-order valence-electron chi connectivity index (χ2n) is 4.94. The number of carbonyl (C=O) groups excluding carboxylic acids is 2. The van der Waals surface area contributed by atoms with Gasteiger partial charge in [0.1, 0.15) is 12.1 Å². The molecule has 1 rings (SSSR count). The van der Waals surface area contributed by atoms with E-state index < -0.39 is 17.5 Å². The highest BCUT2D eigenvalue weighted by Gasteiger charge is 2.35. The Labute approximate surface area is 112 Å². The maximum absolute atomic E-state index is 12.1. The van der Waals surface area contributed by atoms with Crippen LogP contribution in [0.5, 0.6) is 0 Å². The molecule has 1 aliphatic rings. The minimum atomic E-state index is -1.30. The van der Waals surface area contributed by atoms with Crippen molar-refractivity contribution in [2.24, 2.45) is 0 Å². The second kappa shape index (κ2) is 6.40. The number of hydrogen-bond donors (Lipinski definition) is 3. The van der Waals surface area contributed by atoms with Crippen molar-refractivity contribution in [1.82, 2.24) is 15.5 Å². The van der Waals surface area contributed by atoms with Crippen LogP contribution in [0.25, 0.3) is 0 Å². The summed E-state index contributed by atoms with van der Waals surface area (Å²) in [6.45, 7) is 4.27. The zero-order valence-corrected chi connectivity index (χ0v) is 11.4. The van der Waals surface area contributed by atoms with Gasteiger partial charge in [-0.3, -0.25) is 4.79 Å². The highest BCUT2D eigenvalue weighted by molar-refractivity contribution is 5.88. The lowest BCUT2D eigenvalue weighted by molar-refractivity contribution is -0.144. The highest BCUT2D eigenvalue weighted by Crippen LogP contribution is 2.13. The van der Waals surface area contributed by atoms with Gasteiger partial charge in [0, 0.05) is 13.1 Å². The molecule has 3 amide bonds. The molecule has 3 N–H and O–H groups in total. The van der Waals surface area contributed by atoms with Crippen molar-refractivity contribution < 1.29 is 19.5 Å². The second-order valence-corrected chi connectivity index (χ2v) is 4.94. The van der Waals surface area contributed by atoms with Crippen LogP contribution < -0.4 is 10.6 Å². The maximum Gasteiger partial charge on any atom is 0.329 e. The summed E-state index contributed by atoms with van der Waals surface area (Å²) < 4.78 is 0. The first-order valence-corrected chi connectivity index (χ1v) is 6.46. The van der Waals surface area contributed by atoms with Gasteiger partial charge in [0.25, 0.3) is 0 Å². The Kier molecular flexibility index (Phi) is 5.14. The van der Waals surface area contributed by atoms with E-state index in [0.29, 0.717) is 32.4 Å². The van der Waals surface area contributed by atoms with E-state index in [1.165, 1.54) is 11.8 Å². The molecule has 1 fully saturated rings. The fourth-order valence-corrected chi connectivity index (χ4v) is 2.02. The van der Waals surface area contributed by atoms with E-state index in [0.717, 1.165) is 0 Å². The number of carboxylic acids is 1. The van der Waals surface area contributed by atoms with Gasteiger partial charge >= 0.3 is 12.0 Å². The van der Waals surface area contributed by atoms with Gasteiger partial charge < -0.3 is 20.6 Å². The smallest absolute Gasteiger partial charge is 0.329 e. The molecule has 108 valence electrons. The molecule has 0 spiro atoms. The van der Waals surface area contributed by atoms with Crippen molar-refractivity contribution >= 4 is 17.9 Å². The van der Waals surface area contributed by atoms with Gasteiger partial charge in [-0.05, 0) is 19.8 Å². The topological polar surface area (TPSA) is 98.7 Å². The number of carbonyl (C=O) groups is 3. The molecule has 19 heavy (non-hydrogen) atoms. The summed E-state index contributed by atoms with van der Waals surface area (Å²) in [5.41, 5.74) is -1.30. The zero-order valence-electron chi connectivity index (χ0n) is 11.4. The molecular weight excluding hydrogens is 250 g/mol. The molecule has 0 bridgehead atoms. The minimum Gasteiger partial charge on any atom is -0.480 e. The molecular formula is C12H21N3O4. The number of urea groups is 1. The first-order chi connectivity index (χ1) is 8.89. The van der Waals surface area contributed by atoms with Gasteiger partial charge in [0.05, 0.1) is 0 Å². The summed E-state index contributed by atoms with van der Waals surface area (Å²) in [5, 5.41) is 14.4. The molecule has 0 saturated carbocycles. The summed E-state index contributed by atoms with van der Waals surface area (Å²) in [5.74, 6) is -1.29. The molecule has 1 heterocycles. The molecule has 1 atom stereocenters. The van der Waals surface area contributed by atoms with Gasteiger partial charge in [0.15, 0.2) is 0 Å². The number of nitrogens with zero attached hydrogens (tertiary/aromatic N) is 1. The number of hydrogen-bond acceptors (Lipinski definition) is 3. The normalized spacial score (nSPS) is 19.1. The van der Waals surface area contributed by atoms with Crippen LogP contribution in [-0.4, -0.2) is 53.1 Å². The third-order valence-corrected chi connectivity index (χ3v) is 3.15. The van der Waals surface area contributed by atoms with Crippen LogP contribution in [0.2, 0.25) is 0 Å². The Morgan fingerprint density at radius 2 is 2.21 bits per heavy atom. The number of aliphatic carboxylic acids is 1. The Bertz CT molecular complexity index is 372. The Hall–Kier alpha value is -1.79. The van der Waals surface area contributed by atoms with Crippen LogP contribution in [0, 0.1) is 0 Å². The number of amides is 3. The van der Waals surface area contributed by atoms with Gasteiger partial charge in [-0.15, -0.1) is 0 Å². The summed E-state index contributed by atoms with van der Waals surface area (Å²) >= 11 is 0. The van der Waals surface area contributed by atoms with Crippen LogP contribution in [0.1, 0.15) is 33.1 Å². The number of nitrogens with one attached hydrogen (secondary N) is 2. The zero-order chi connectivity index (χ0) is 14.5. The lowest BCUT2D eigenvalue weighted by Gasteiger charge is -2.29. The lowest BCUT2D eigenvalue weighted by atomic mass is 9.96. The van der Waals surface area contributed by atoms with Gasteiger partial charge in [-0.1, -0.05) is 13.3 Å². The van der Waals surface area contributed by atoms with Gasteiger partial charge in [-0.25, -0.2) is 9.59 Å². The van der Waals surface area contributed by atoms with Crippen molar-refractivity contribution in [2.75, 3.05) is 19.6 Å². The SMILES string of the molecule is CCCC(C)(NC(=O)N1CCCNC(=O)C1)C(=O)O.